The van der Waals surface area contributed by atoms with Crippen molar-refractivity contribution in [1.82, 2.24) is 15.3 Å². The molecule has 0 unspecified atom stereocenters. The molecule has 2 aromatic heterocycles. The average Bonchev–Trinajstić information content (AvgIpc) is 3.32. The van der Waals surface area contributed by atoms with Crippen molar-refractivity contribution < 1.29 is 9.21 Å². The fourth-order valence-electron chi connectivity index (χ4n) is 3.31. The molecular formula is C19H20N4O2S. The predicted octanol–water partition coefficient (Wildman–Crippen LogP) is 3.34. The van der Waals surface area contributed by atoms with Crippen LogP contribution in [0.2, 0.25) is 0 Å². The highest BCUT2D eigenvalue weighted by Crippen LogP contribution is 2.28. The van der Waals surface area contributed by atoms with Gasteiger partial charge in [0.05, 0.1) is 11.6 Å². The Labute approximate surface area is 156 Å². The summed E-state index contributed by atoms with van der Waals surface area (Å²) in [6, 6.07) is 12.2. The molecule has 6 nitrogen and oxygen atoms in total. The van der Waals surface area contributed by atoms with Gasteiger partial charge in [-0.3, -0.25) is 4.79 Å². The molecule has 1 atom stereocenters. The van der Waals surface area contributed by atoms with E-state index in [1.807, 2.05) is 30.5 Å². The number of aromatic nitrogens is 2. The molecule has 0 bridgehead atoms. The quantitative estimate of drug-likeness (QED) is 0.697. The van der Waals surface area contributed by atoms with Crippen LogP contribution in [0.25, 0.3) is 11.1 Å². The van der Waals surface area contributed by atoms with Crippen LogP contribution in [-0.2, 0) is 0 Å². The summed E-state index contributed by atoms with van der Waals surface area (Å²) in [7, 11) is 0. The van der Waals surface area contributed by atoms with E-state index in [1.165, 1.54) is 11.8 Å². The summed E-state index contributed by atoms with van der Waals surface area (Å²) in [5.74, 6) is -0.0909. The maximum atomic E-state index is 12.5. The first-order chi connectivity index (χ1) is 12.8. The monoisotopic (exact) mass is 368 g/mol. The molecule has 1 saturated heterocycles. The Kier molecular flexibility index (Phi) is 4.79. The van der Waals surface area contributed by atoms with Gasteiger partial charge in [0, 0.05) is 19.3 Å². The Balaban J connectivity index is 1.46. The van der Waals surface area contributed by atoms with Gasteiger partial charge in [0.2, 0.25) is 0 Å². The number of nitrogens with one attached hydrogen (secondary N) is 1. The largest absolute Gasteiger partial charge is 0.423 e. The zero-order valence-corrected chi connectivity index (χ0v) is 15.3. The van der Waals surface area contributed by atoms with Crippen LogP contribution in [0.3, 0.4) is 0 Å². The number of hydrogen-bond donors (Lipinski definition) is 1. The number of para-hydroxylation sites is 2. The Hall–Kier alpha value is -2.54. The molecule has 0 radical (unpaired) electrons. The molecule has 3 heterocycles. The molecule has 1 fully saturated rings. The minimum absolute atomic E-state index is 0.0909. The van der Waals surface area contributed by atoms with Gasteiger partial charge >= 0.3 is 0 Å². The molecule has 1 aliphatic heterocycles. The summed E-state index contributed by atoms with van der Waals surface area (Å²) < 4.78 is 5.90. The van der Waals surface area contributed by atoms with Crippen molar-refractivity contribution in [2.24, 2.45) is 0 Å². The van der Waals surface area contributed by atoms with Crippen LogP contribution in [0.1, 0.15) is 23.2 Å². The lowest BCUT2D eigenvalue weighted by atomic mass is 10.2. The number of pyridine rings is 1. The number of nitrogens with zero attached hydrogens (tertiary/aromatic N) is 3. The van der Waals surface area contributed by atoms with Gasteiger partial charge in [-0.1, -0.05) is 12.1 Å². The van der Waals surface area contributed by atoms with Crippen LogP contribution in [0.4, 0.5) is 6.01 Å². The van der Waals surface area contributed by atoms with E-state index in [0.717, 1.165) is 35.5 Å². The predicted molar refractivity (Wildman–Crippen MR) is 103 cm³/mol. The van der Waals surface area contributed by atoms with Gasteiger partial charge in [-0.2, -0.15) is 4.98 Å². The summed E-state index contributed by atoms with van der Waals surface area (Å²) in [4.78, 5) is 23.5. The molecule has 3 aromatic rings. The second-order valence-electron chi connectivity index (χ2n) is 6.22. The molecule has 0 spiro atoms. The number of oxazole rings is 1. The normalized spacial score (nSPS) is 17.0. The van der Waals surface area contributed by atoms with Crippen molar-refractivity contribution in [2.75, 3.05) is 24.2 Å². The molecular weight excluding hydrogens is 348 g/mol. The van der Waals surface area contributed by atoms with Crippen molar-refractivity contribution in [1.29, 1.82) is 0 Å². The van der Waals surface area contributed by atoms with E-state index >= 15 is 0 Å². The molecule has 1 aliphatic rings. The third-order valence-corrected chi connectivity index (χ3v) is 5.32. The van der Waals surface area contributed by atoms with Gasteiger partial charge < -0.3 is 14.6 Å². The maximum absolute atomic E-state index is 12.5. The molecule has 26 heavy (non-hydrogen) atoms. The first kappa shape index (κ1) is 16.9. The first-order valence-electron chi connectivity index (χ1n) is 8.65. The fraction of sp³-hybridized carbons (Fsp3) is 0.316. The molecule has 134 valence electrons. The number of fused-ring (bicyclic) bond motifs is 1. The molecule has 1 aromatic carbocycles. The number of anilines is 1. The van der Waals surface area contributed by atoms with Gasteiger partial charge in [-0.25, -0.2) is 4.98 Å². The van der Waals surface area contributed by atoms with Crippen LogP contribution >= 0.6 is 11.8 Å². The van der Waals surface area contributed by atoms with Crippen molar-refractivity contribution in [3.8, 4) is 0 Å². The Bertz CT molecular complexity index is 894. The first-order valence-corrected chi connectivity index (χ1v) is 9.88. The molecule has 7 heteroatoms. The topological polar surface area (TPSA) is 71.3 Å². The van der Waals surface area contributed by atoms with E-state index in [-0.39, 0.29) is 11.9 Å². The number of thioether (sulfide) groups is 1. The number of amides is 1. The highest BCUT2D eigenvalue weighted by Gasteiger charge is 2.29. The van der Waals surface area contributed by atoms with Crippen LogP contribution in [0.15, 0.2) is 52.0 Å². The van der Waals surface area contributed by atoms with Crippen LogP contribution < -0.4 is 10.2 Å². The highest BCUT2D eigenvalue weighted by atomic mass is 32.2. The van der Waals surface area contributed by atoms with E-state index in [4.69, 9.17) is 4.42 Å². The number of carbonyl (C=O) groups is 1. The SMILES string of the molecule is CSc1ncccc1C(=O)NC[C@H]1CCCN1c1nc2ccccc2o1. The van der Waals surface area contributed by atoms with Gasteiger partial charge in [-0.05, 0) is 43.4 Å². The maximum Gasteiger partial charge on any atom is 0.298 e. The van der Waals surface area contributed by atoms with E-state index in [1.54, 1.807) is 18.3 Å². The summed E-state index contributed by atoms with van der Waals surface area (Å²) in [5, 5.41) is 3.79. The standard InChI is InChI=1S/C19H20N4O2S/c1-26-18-14(7-4-10-20-18)17(24)21-12-13-6-5-11-23(13)19-22-15-8-2-3-9-16(15)25-19/h2-4,7-10,13H,5-6,11-12H2,1H3,(H,21,24)/t13-/m1/s1. The Morgan fingerprint density at radius 3 is 3.08 bits per heavy atom. The fourth-order valence-corrected chi connectivity index (χ4v) is 3.86. The average molecular weight is 368 g/mol. The van der Waals surface area contributed by atoms with Crippen molar-refractivity contribution >= 4 is 34.8 Å². The zero-order chi connectivity index (χ0) is 17.9. The third-order valence-electron chi connectivity index (χ3n) is 4.61. The summed E-state index contributed by atoms with van der Waals surface area (Å²) in [6.45, 7) is 1.44. The van der Waals surface area contributed by atoms with E-state index in [0.29, 0.717) is 18.1 Å². The lowest BCUT2D eigenvalue weighted by molar-refractivity contribution is 0.0947. The Morgan fingerprint density at radius 1 is 1.35 bits per heavy atom. The molecule has 0 saturated carbocycles. The van der Waals surface area contributed by atoms with Crippen LogP contribution in [0.5, 0.6) is 0 Å². The van der Waals surface area contributed by atoms with Gasteiger partial charge in [0.1, 0.15) is 10.5 Å². The van der Waals surface area contributed by atoms with E-state index < -0.39 is 0 Å². The minimum Gasteiger partial charge on any atom is -0.423 e. The summed E-state index contributed by atoms with van der Waals surface area (Å²) in [5.41, 5.74) is 2.26. The summed E-state index contributed by atoms with van der Waals surface area (Å²) >= 11 is 1.47. The summed E-state index contributed by atoms with van der Waals surface area (Å²) in [6.07, 6.45) is 5.68. The van der Waals surface area contributed by atoms with Crippen LogP contribution in [-0.4, -0.2) is 41.3 Å². The number of benzene rings is 1. The molecule has 1 N–H and O–H groups in total. The van der Waals surface area contributed by atoms with Gasteiger partial charge in [-0.15, -0.1) is 11.8 Å². The van der Waals surface area contributed by atoms with Crippen molar-refractivity contribution in [3.63, 3.8) is 0 Å². The van der Waals surface area contributed by atoms with Crippen molar-refractivity contribution in [3.05, 3.63) is 48.2 Å². The van der Waals surface area contributed by atoms with Crippen LogP contribution in [0, 0.1) is 0 Å². The third kappa shape index (κ3) is 3.26. The minimum atomic E-state index is -0.0909. The van der Waals surface area contributed by atoms with Gasteiger partial charge in [0.25, 0.3) is 11.9 Å². The molecule has 1 amide bonds. The lowest BCUT2D eigenvalue weighted by Crippen LogP contribution is -2.40. The number of hydrogen-bond acceptors (Lipinski definition) is 6. The second kappa shape index (κ2) is 7.37. The van der Waals surface area contributed by atoms with E-state index in [2.05, 4.69) is 20.2 Å². The molecule has 4 rings (SSSR count). The highest BCUT2D eigenvalue weighted by molar-refractivity contribution is 7.98. The lowest BCUT2D eigenvalue weighted by Gasteiger charge is -2.23. The van der Waals surface area contributed by atoms with Crippen molar-refractivity contribution in [2.45, 2.75) is 23.9 Å². The van der Waals surface area contributed by atoms with E-state index in [9.17, 15) is 4.79 Å². The second-order valence-corrected chi connectivity index (χ2v) is 7.02. The number of rotatable bonds is 5. The van der Waals surface area contributed by atoms with Gasteiger partial charge in [0.15, 0.2) is 5.58 Å². The zero-order valence-electron chi connectivity index (χ0n) is 14.5. The smallest absolute Gasteiger partial charge is 0.298 e. The number of carbonyl (C=O) groups excluding carboxylic acids is 1. The Morgan fingerprint density at radius 2 is 2.23 bits per heavy atom. The molecule has 0 aliphatic carbocycles.